The Morgan fingerprint density at radius 3 is 2.65 bits per heavy atom. The molecular formula is C12H15FN2O2. The highest BCUT2D eigenvalue weighted by molar-refractivity contribution is 5.71. The maximum absolute atomic E-state index is 13.5. The Morgan fingerprint density at radius 1 is 1.53 bits per heavy atom. The minimum Gasteiger partial charge on any atom is -0.398 e. The molecule has 0 saturated heterocycles. The first kappa shape index (κ1) is 13.2. The summed E-state index contributed by atoms with van der Waals surface area (Å²) in [6.07, 6.45) is 2.82. The van der Waals surface area contributed by atoms with Gasteiger partial charge in [0.05, 0.1) is 16.6 Å². The van der Waals surface area contributed by atoms with E-state index in [2.05, 4.69) is 0 Å². The number of halogens is 1. The molecule has 5 heteroatoms. The Labute approximate surface area is 99.1 Å². The van der Waals surface area contributed by atoms with Crippen molar-refractivity contribution in [3.63, 3.8) is 0 Å². The molecule has 1 aromatic rings. The SMILES string of the molecule is CC/C=C(/N)c1cc(CC)c(F)cc1[N+](=O)[O-]. The standard InChI is InChI=1S/C12H15FN2O2/c1-3-5-11(14)9-6-8(4-2)10(13)7-12(9)15(16)17/h5-7H,3-4,14H2,1-2H3/b11-5+. The lowest BCUT2D eigenvalue weighted by Crippen LogP contribution is -2.04. The van der Waals surface area contributed by atoms with Crippen LogP contribution in [0.4, 0.5) is 10.1 Å². The van der Waals surface area contributed by atoms with E-state index in [-0.39, 0.29) is 11.3 Å². The highest BCUT2D eigenvalue weighted by Gasteiger charge is 2.19. The van der Waals surface area contributed by atoms with Crippen LogP contribution < -0.4 is 5.73 Å². The number of hydrogen-bond acceptors (Lipinski definition) is 3. The van der Waals surface area contributed by atoms with Crippen molar-refractivity contribution in [3.8, 4) is 0 Å². The number of aryl methyl sites for hydroxylation is 1. The van der Waals surface area contributed by atoms with Gasteiger partial charge in [0, 0.05) is 5.70 Å². The molecule has 0 heterocycles. The van der Waals surface area contributed by atoms with E-state index in [0.717, 1.165) is 6.07 Å². The van der Waals surface area contributed by atoms with Gasteiger partial charge in [-0.1, -0.05) is 19.9 Å². The van der Waals surface area contributed by atoms with Crippen molar-refractivity contribution < 1.29 is 9.31 Å². The second-order valence-electron chi connectivity index (χ2n) is 3.64. The first-order chi connectivity index (χ1) is 8.01. The summed E-state index contributed by atoms with van der Waals surface area (Å²) in [6, 6.07) is 2.39. The van der Waals surface area contributed by atoms with Crippen LogP contribution in [0.2, 0.25) is 0 Å². The van der Waals surface area contributed by atoms with Crippen LogP contribution in [0.1, 0.15) is 31.4 Å². The predicted octanol–water partition coefficient (Wildman–Crippen LogP) is 3.01. The zero-order chi connectivity index (χ0) is 13.0. The highest BCUT2D eigenvalue weighted by atomic mass is 19.1. The Kier molecular flexibility index (Phi) is 4.20. The second kappa shape index (κ2) is 5.43. The molecule has 0 unspecified atom stereocenters. The van der Waals surface area contributed by atoms with E-state index in [4.69, 9.17) is 5.73 Å². The van der Waals surface area contributed by atoms with Gasteiger partial charge in [0.2, 0.25) is 0 Å². The molecule has 0 atom stereocenters. The summed E-state index contributed by atoms with van der Waals surface area (Å²) in [5, 5.41) is 10.8. The van der Waals surface area contributed by atoms with Crippen molar-refractivity contribution in [1.82, 2.24) is 0 Å². The quantitative estimate of drug-likeness (QED) is 0.647. The van der Waals surface area contributed by atoms with Gasteiger partial charge >= 0.3 is 0 Å². The third-order valence-corrected chi connectivity index (χ3v) is 2.48. The van der Waals surface area contributed by atoms with Crippen LogP contribution in [0.5, 0.6) is 0 Å². The number of allylic oxidation sites excluding steroid dienone is 1. The van der Waals surface area contributed by atoms with E-state index in [1.807, 2.05) is 6.92 Å². The zero-order valence-corrected chi connectivity index (χ0v) is 9.87. The molecule has 0 radical (unpaired) electrons. The molecule has 0 spiro atoms. The lowest BCUT2D eigenvalue weighted by atomic mass is 10.0. The molecule has 0 fully saturated rings. The fraction of sp³-hybridized carbons (Fsp3) is 0.333. The van der Waals surface area contributed by atoms with E-state index < -0.39 is 10.7 Å². The average Bonchev–Trinajstić information content (AvgIpc) is 2.28. The van der Waals surface area contributed by atoms with Crippen molar-refractivity contribution >= 4 is 11.4 Å². The number of nitrogens with zero attached hydrogens (tertiary/aromatic N) is 1. The van der Waals surface area contributed by atoms with Crippen LogP contribution in [0.3, 0.4) is 0 Å². The minimum absolute atomic E-state index is 0.287. The van der Waals surface area contributed by atoms with E-state index in [0.29, 0.717) is 24.1 Å². The zero-order valence-electron chi connectivity index (χ0n) is 9.87. The molecule has 2 N–H and O–H groups in total. The number of nitrogens with two attached hydrogens (primary N) is 1. The summed E-state index contributed by atoms with van der Waals surface area (Å²) in [6.45, 7) is 3.66. The topological polar surface area (TPSA) is 69.2 Å². The van der Waals surface area contributed by atoms with E-state index in [1.165, 1.54) is 6.07 Å². The molecule has 0 aromatic heterocycles. The van der Waals surface area contributed by atoms with E-state index in [1.54, 1.807) is 13.0 Å². The van der Waals surface area contributed by atoms with Gasteiger partial charge in [-0.15, -0.1) is 0 Å². The number of benzene rings is 1. The summed E-state index contributed by atoms with van der Waals surface area (Å²) in [5.41, 5.74) is 6.49. The maximum Gasteiger partial charge on any atom is 0.281 e. The molecule has 0 aliphatic carbocycles. The van der Waals surface area contributed by atoms with Crippen LogP contribution in [-0.2, 0) is 6.42 Å². The molecule has 17 heavy (non-hydrogen) atoms. The minimum atomic E-state index is -0.617. The fourth-order valence-corrected chi connectivity index (χ4v) is 1.59. The normalized spacial score (nSPS) is 11.6. The molecule has 1 aromatic carbocycles. The molecule has 0 bridgehead atoms. The van der Waals surface area contributed by atoms with Gasteiger partial charge in [-0.05, 0) is 24.5 Å². The van der Waals surface area contributed by atoms with Gasteiger partial charge < -0.3 is 5.73 Å². The summed E-state index contributed by atoms with van der Waals surface area (Å²) in [4.78, 5) is 10.2. The van der Waals surface area contributed by atoms with Gasteiger partial charge in [0.1, 0.15) is 5.82 Å². The average molecular weight is 238 g/mol. The monoisotopic (exact) mass is 238 g/mol. The first-order valence-electron chi connectivity index (χ1n) is 5.44. The number of nitro benzene ring substituents is 1. The molecule has 4 nitrogen and oxygen atoms in total. The van der Waals surface area contributed by atoms with E-state index in [9.17, 15) is 14.5 Å². The van der Waals surface area contributed by atoms with Gasteiger partial charge in [0.25, 0.3) is 5.69 Å². The first-order valence-corrected chi connectivity index (χ1v) is 5.44. The van der Waals surface area contributed by atoms with Crippen molar-refractivity contribution in [2.45, 2.75) is 26.7 Å². The molecule has 0 amide bonds. The molecule has 1 rings (SSSR count). The predicted molar refractivity (Wildman–Crippen MR) is 64.9 cm³/mol. The van der Waals surface area contributed by atoms with Gasteiger partial charge in [-0.2, -0.15) is 0 Å². The smallest absolute Gasteiger partial charge is 0.281 e. The number of hydrogen-bond donors (Lipinski definition) is 1. The largest absolute Gasteiger partial charge is 0.398 e. The summed E-state index contributed by atoms with van der Waals surface area (Å²) >= 11 is 0. The number of rotatable bonds is 4. The molecule has 0 saturated carbocycles. The van der Waals surface area contributed by atoms with Crippen molar-refractivity contribution in [2.24, 2.45) is 5.73 Å². The van der Waals surface area contributed by atoms with Crippen molar-refractivity contribution in [1.29, 1.82) is 0 Å². The summed E-state index contributed by atoms with van der Waals surface area (Å²) in [5.74, 6) is -0.563. The Morgan fingerprint density at radius 2 is 2.18 bits per heavy atom. The van der Waals surface area contributed by atoms with Crippen LogP contribution in [-0.4, -0.2) is 4.92 Å². The highest BCUT2D eigenvalue weighted by Crippen LogP contribution is 2.27. The fourth-order valence-electron chi connectivity index (χ4n) is 1.59. The van der Waals surface area contributed by atoms with Crippen LogP contribution >= 0.6 is 0 Å². The van der Waals surface area contributed by atoms with E-state index >= 15 is 0 Å². The Balaban J connectivity index is 3.44. The molecule has 0 aliphatic rings. The number of nitro groups is 1. The van der Waals surface area contributed by atoms with Crippen molar-refractivity contribution in [2.75, 3.05) is 0 Å². The maximum atomic E-state index is 13.5. The lowest BCUT2D eigenvalue weighted by molar-refractivity contribution is -0.385. The molecule has 0 aliphatic heterocycles. The van der Waals surface area contributed by atoms with Crippen molar-refractivity contribution in [3.05, 3.63) is 45.3 Å². The van der Waals surface area contributed by atoms with Gasteiger partial charge in [-0.25, -0.2) is 4.39 Å². The Hall–Kier alpha value is -1.91. The molecular weight excluding hydrogens is 223 g/mol. The van der Waals surface area contributed by atoms with Gasteiger partial charge in [-0.3, -0.25) is 10.1 Å². The second-order valence-corrected chi connectivity index (χ2v) is 3.64. The Bertz CT molecular complexity index is 470. The van der Waals surface area contributed by atoms with Crippen LogP contribution in [0.15, 0.2) is 18.2 Å². The molecule has 92 valence electrons. The third kappa shape index (κ3) is 2.81. The summed E-state index contributed by atoms with van der Waals surface area (Å²) in [7, 11) is 0. The lowest BCUT2D eigenvalue weighted by Gasteiger charge is -2.07. The van der Waals surface area contributed by atoms with Crippen LogP contribution in [0.25, 0.3) is 5.70 Å². The van der Waals surface area contributed by atoms with Crippen LogP contribution in [0, 0.1) is 15.9 Å². The van der Waals surface area contributed by atoms with Gasteiger partial charge in [0.15, 0.2) is 0 Å². The third-order valence-electron chi connectivity index (χ3n) is 2.48. The summed E-state index contributed by atoms with van der Waals surface area (Å²) < 4.78 is 13.5.